The Bertz CT molecular complexity index is 998. The van der Waals surface area contributed by atoms with Gasteiger partial charge < -0.3 is 10.2 Å². The molecule has 5 heteroatoms. The molecule has 3 aromatic rings. The average Bonchev–Trinajstić information content (AvgIpc) is 2.75. The molecule has 0 bridgehead atoms. The Morgan fingerprint density at radius 1 is 0.931 bits per heavy atom. The summed E-state index contributed by atoms with van der Waals surface area (Å²) in [6, 6.07) is 16.6. The number of pyridine rings is 1. The van der Waals surface area contributed by atoms with Crippen LogP contribution in [0.5, 0.6) is 0 Å². The molecular weight excluding hydrogens is 362 g/mol. The molecule has 0 radical (unpaired) electrons. The molecule has 29 heavy (non-hydrogen) atoms. The highest BCUT2D eigenvalue weighted by Gasteiger charge is 2.13. The van der Waals surface area contributed by atoms with E-state index in [2.05, 4.69) is 10.3 Å². The second kappa shape index (κ2) is 9.15. The number of aromatic nitrogens is 1. The van der Waals surface area contributed by atoms with Gasteiger partial charge in [0, 0.05) is 42.8 Å². The Balaban J connectivity index is 1.62. The summed E-state index contributed by atoms with van der Waals surface area (Å²) in [6.07, 6.45) is 4.26. The molecule has 5 nitrogen and oxygen atoms in total. The lowest BCUT2D eigenvalue weighted by atomic mass is 10.1. The molecule has 3 rings (SSSR count). The van der Waals surface area contributed by atoms with Gasteiger partial charge in [-0.25, -0.2) is 0 Å². The molecular formula is C24H25N3O2. The minimum Gasteiger partial charge on any atom is -0.341 e. The molecule has 2 aromatic carbocycles. The Hall–Kier alpha value is -3.47. The Kier molecular flexibility index (Phi) is 6.39. The summed E-state index contributed by atoms with van der Waals surface area (Å²) in [5.74, 6) is -0.260. The normalized spacial score (nSPS) is 10.4. The van der Waals surface area contributed by atoms with Gasteiger partial charge in [0.1, 0.15) is 0 Å². The number of benzene rings is 2. The number of amides is 2. The van der Waals surface area contributed by atoms with Gasteiger partial charge in [0.15, 0.2) is 0 Å². The predicted octanol–water partition coefficient (Wildman–Crippen LogP) is 4.27. The standard InChI is InChI=1S/C24H25N3O2/c1-17-4-5-18(2)22(16-17)26-23(28)20-6-8-21(9-7-20)24(29)27(3)15-12-19-10-13-25-14-11-19/h4-11,13-14,16H,12,15H2,1-3H3,(H,26,28). The zero-order valence-corrected chi connectivity index (χ0v) is 17.0. The number of nitrogens with one attached hydrogen (secondary N) is 1. The topological polar surface area (TPSA) is 62.3 Å². The maximum absolute atomic E-state index is 12.6. The van der Waals surface area contributed by atoms with Crippen molar-refractivity contribution in [2.24, 2.45) is 0 Å². The predicted molar refractivity (Wildman–Crippen MR) is 115 cm³/mol. The van der Waals surface area contributed by atoms with Gasteiger partial charge in [0.05, 0.1) is 0 Å². The van der Waals surface area contributed by atoms with E-state index in [0.717, 1.165) is 28.8 Å². The highest BCUT2D eigenvalue weighted by atomic mass is 16.2. The second-order valence-corrected chi connectivity index (χ2v) is 7.18. The van der Waals surface area contributed by atoms with Crippen molar-refractivity contribution >= 4 is 17.5 Å². The number of hydrogen-bond acceptors (Lipinski definition) is 3. The van der Waals surface area contributed by atoms with Crippen molar-refractivity contribution in [1.82, 2.24) is 9.88 Å². The third-order valence-electron chi connectivity index (χ3n) is 4.87. The van der Waals surface area contributed by atoms with Gasteiger partial charge in [-0.05, 0) is 79.4 Å². The van der Waals surface area contributed by atoms with Crippen molar-refractivity contribution in [1.29, 1.82) is 0 Å². The van der Waals surface area contributed by atoms with Crippen LogP contribution in [-0.2, 0) is 6.42 Å². The quantitative estimate of drug-likeness (QED) is 0.687. The second-order valence-electron chi connectivity index (χ2n) is 7.18. The highest BCUT2D eigenvalue weighted by Crippen LogP contribution is 2.18. The van der Waals surface area contributed by atoms with E-state index in [9.17, 15) is 9.59 Å². The Morgan fingerprint density at radius 3 is 2.28 bits per heavy atom. The van der Waals surface area contributed by atoms with Crippen LogP contribution in [0, 0.1) is 13.8 Å². The number of carbonyl (C=O) groups excluding carboxylic acids is 2. The molecule has 148 valence electrons. The number of likely N-dealkylation sites (N-methyl/N-ethyl adjacent to an activating group) is 1. The molecule has 0 fully saturated rings. The van der Waals surface area contributed by atoms with Crippen LogP contribution in [0.3, 0.4) is 0 Å². The number of aryl methyl sites for hydroxylation is 2. The number of anilines is 1. The molecule has 0 unspecified atom stereocenters. The smallest absolute Gasteiger partial charge is 0.255 e. The number of hydrogen-bond donors (Lipinski definition) is 1. The van der Waals surface area contributed by atoms with Crippen LogP contribution in [0.2, 0.25) is 0 Å². The third-order valence-corrected chi connectivity index (χ3v) is 4.87. The first-order valence-corrected chi connectivity index (χ1v) is 9.57. The largest absolute Gasteiger partial charge is 0.341 e. The average molecular weight is 387 g/mol. The molecule has 2 amide bonds. The van der Waals surface area contributed by atoms with Crippen LogP contribution < -0.4 is 5.32 Å². The van der Waals surface area contributed by atoms with E-state index >= 15 is 0 Å². The third kappa shape index (κ3) is 5.29. The lowest BCUT2D eigenvalue weighted by molar-refractivity contribution is 0.0796. The van der Waals surface area contributed by atoms with E-state index in [4.69, 9.17) is 0 Å². The SMILES string of the molecule is Cc1ccc(C)c(NC(=O)c2ccc(C(=O)N(C)CCc3ccncc3)cc2)c1. The van der Waals surface area contributed by atoms with Crippen molar-refractivity contribution in [2.45, 2.75) is 20.3 Å². The fraction of sp³-hybridized carbons (Fsp3) is 0.208. The van der Waals surface area contributed by atoms with Crippen LogP contribution in [-0.4, -0.2) is 35.3 Å². The van der Waals surface area contributed by atoms with Gasteiger partial charge in [-0.1, -0.05) is 12.1 Å². The zero-order valence-electron chi connectivity index (χ0n) is 17.0. The maximum atomic E-state index is 12.6. The van der Waals surface area contributed by atoms with Crippen molar-refractivity contribution in [2.75, 3.05) is 18.9 Å². The van der Waals surface area contributed by atoms with Gasteiger partial charge >= 0.3 is 0 Å². The first-order valence-electron chi connectivity index (χ1n) is 9.57. The molecule has 1 N–H and O–H groups in total. The van der Waals surface area contributed by atoms with Crippen molar-refractivity contribution < 1.29 is 9.59 Å². The van der Waals surface area contributed by atoms with E-state index in [0.29, 0.717) is 17.7 Å². The molecule has 1 heterocycles. The highest BCUT2D eigenvalue weighted by molar-refractivity contribution is 6.05. The summed E-state index contributed by atoms with van der Waals surface area (Å²) in [4.78, 5) is 30.9. The van der Waals surface area contributed by atoms with Crippen LogP contribution in [0.4, 0.5) is 5.69 Å². The molecule has 0 spiro atoms. The van der Waals surface area contributed by atoms with E-state index < -0.39 is 0 Å². The monoisotopic (exact) mass is 387 g/mol. The van der Waals surface area contributed by atoms with Gasteiger partial charge in [-0.3, -0.25) is 14.6 Å². The summed E-state index contributed by atoms with van der Waals surface area (Å²) < 4.78 is 0. The number of nitrogens with zero attached hydrogens (tertiary/aromatic N) is 2. The number of carbonyl (C=O) groups is 2. The van der Waals surface area contributed by atoms with Crippen molar-refractivity contribution in [3.63, 3.8) is 0 Å². The fourth-order valence-electron chi connectivity index (χ4n) is 3.00. The molecule has 0 saturated carbocycles. The minimum absolute atomic E-state index is 0.0689. The first-order chi connectivity index (χ1) is 13.9. The van der Waals surface area contributed by atoms with Crippen LogP contribution in [0.15, 0.2) is 67.0 Å². The lowest BCUT2D eigenvalue weighted by Gasteiger charge is -2.17. The fourth-order valence-corrected chi connectivity index (χ4v) is 3.00. The van der Waals surface area contributed by atoms with Crippen LogP contribution in [0.25, 0.3) is 0 Å². The maximum Gasteiger partial charge on any atom is 0.255 e. The Morgan fingerprint density at radius 2 is 1.59 bits per heavy atom. The summed E-state index contributed by atoms with van der Waals surface area (Å²) in [5, 5.41) is 2.94. The molecule has 0 atom stereocenters. The van der Waals surface area contributed by atoms with E-state index in [1.54, 1.807) is 48.6 Å². The Labute approximate surface area is 171 Å². The van der Waals surface area contributed by atoms with E-state index in [1.165, 1.54) is 0 Å². The summed E-state index contributed by atoms with van der Waals surface area (Å²) in [6.45, 7) is 4.55. The molecule has 0 aliphatic carbocycles. The molecule has 0 aliphatic rings. The van der Waals surface area contributed by atoms with Gasteiger partial charge in [0.2, 0.25) is 0 Å². The first kappa shape index (κ1) is 20.3. The lowest BCUT2D eigenvalue weighted by Crippen LogP contribution is -2.28. The van der Waals surface area contributed by atoms with Crippen LogP contribution >= 0.6 is 0 Å². The van der Waals surface area contributed by atoms with E-state index in [1.807, 2.05) is 44.2 Å². The molecule has 1 aromatic heterocycles. The summed E-state index contributed by atoms with van der Waals surface area (Å²) in [7, 11) is 1.78. The van der Waals surface area contributed by atoms with Gasteiger partial charge in [-0.2, -0.15) is 0 Å². The summed E-state index contributed by atoms with van der Waals surface area (Å²) >= 11 is 0. The number of rotatable bonds is 6. The van der Waals surface area contributed by atoms with Gasteiger partial charge in [0.25, 0.3) is 11.8 Å². The zero-order chi connectivity index (χ0) is 20.8. The van der Waals surface area contributed by atoms with Crippen molar-refractivity contribution in [3.8, 4) is 0 Å². The minimum atomic E-state index is -0.191. The van der Waals surface area contributed by atoms with Gasteiger partial charge in [-0.15, -0.1) is 0 Å². The van der Waals surface area contributed by atoms with Crippen LogP contribution in [0.1, 0.15) is 37.4 Å². The van der Waals surface area contributed by atoms with E-state index in [-0.39, 0.29) is 11.8 Å². The summed E-state index contributed by atoms with van der Waals surface area (Å²) in [5.41, 5.74) is 5.10. The van der Waals surface area contributed by atoms with Crippen molar-refractivity contribution in [3.05, 3.63) is 94.8 Å². The molecule has 0 aliphatic heterocycles. The molecule has 0 saturated heterocycles.